The van der Waals surface area contributed by atoms with Gasteiger partial charge in [-0.1, -0.05) is 111 Å². The van der Waals surface area contributed by atoms with Gasteiger partial charge in [-0.3, -0.25) is 49.2 Å². The minimum absolute atomic E-state index is 0.000999. The van der Waals surface area contributed by atoms with Crippen LogP contribution in [-0.2, 0) is 60.7 Å². The molecular weight excluding hydrogens is 1380 g/mol. The summed E-state index contributed by atoms with van der Waals surface area (Å²) in [7, 11) is 0. The van der Waals surface area contributed by atoms with E-state index in [4.69, 9.17) is 38.5 Å². The molecule has 1 aromatic heterocycles. The second-order valence-corrected chi connectivity index (χ2v) is 28.2. The van der Waals surface area contributed by atoms with Crippen molar-refractivity contribution in [3.63, 3.8) is 0 Å². The van der Waals surface area contributed by atoms with Crippen molar-refractivity contribution in [3.8, 4) is 11.1 Å². The number of carbonyl (C=O) groups is 10. The van der Waals surface area contributed by atoms with Crippen molar-refractivity contribution in [2.24, 2.45) is 28.9 Å². The summed E-state index contributed by atoms with van der Waals surface area (Å²) in [5, 5.41) is 54.0. The number of para-hydroxylation sites is 1. The van der Waals surface area contributed by atoms with Crippen LogP contribution in [0.1, 0.15) is 132 Å². The Bertz CT molecular complexity index is 3760. The fraction of sp³-hybridized carbons (Fsp3) is 0.493. The molecule has 1 saturated heterocycles. The smallest absolute Gasteiger partial charge is 0.407 e. The lowest BCUT2D eigenvalue weighted by atomic mass is 9.98. The Labute approximate surface area is 622 Å². The summed E-state index contributed by atoms with van der Waals surface area (Å²) in [5.74, 6) is -8.01. The number of carbonyl (C=O) groups excluding carboxylic acids is 9. The number of fused-ring (bicyclic) bond motifs is 4. The molecule has 1 aliphatic carbocycles. The summed E-state index contributed by atoms with van der Waals surface area (Å²) in [6, 6.07) is 20.6. The number of nitrogens with one attached hydrogen (secondary N) is 13. The highest BCUT2D eigenvalue weighted by molar-refractivity contribution is 7.98. The summed E-state index contributed by atoms with van der Waals surface area (Å²) in [4.78, 5) is 149. The van der Waals surface area contributed by atoms with Crippen LogP contribution in [0.2, 0.25) is 0 Å². The van der Waals surface area contributed by atoms with E-state index in [-0.39, 0.29) is 134 Å². The number of carboxylic acid groups (broad SMARTS) is 1. The molecular formula is C75H106N18O12S. The van der Waals surface area contributed by atoms with E-state index in [1.807, 2.05) is 99.0 Å². The van der Waals surface area contributed by atoms with E-state index in [1.54, 1.807) is 30.5 Å². The Morgan fingerprint density at radius 3 is 1.49 bits per heavy atom. The van der Waals surface area contributed by atoms with Gasteiger partial charge in [0.2, 0.25) is 47.3 Å². The first kappa shape index (κ1) is 83.0. The van der Waals surface area contributed by atoms with Crippen molar-refractivity contribution in [1.82, 2.24) is 63.1 Å². The molecule has 2 heterocycles. The summed E-state index contributed by atoms with van der Waals surface area (Å²) in [6.45, 7) is 4.47. The third-order valence-electron chi connectivity index (χ3n) is 18.7. The van der Waals surface area contributed by atoms with Gasteiger partial charge in [0, 0.05) is 55.5 Å². The molecule has 0 unspecified atom stereocenters. The fourth-order valence-corrected chi connectivity index (χ4v) is 13.8. The van der Waals surface area contributed by atoms with E-state index >= 15 is 4.79 Å². The number of carboxylic acids is 1. The van der Waals surface area contributed by atoms with Crippen molar-refractivity contribution >= 4 is 93.9 Å². The van der Waals surface area contributed by atoms with E-state index in [9.17, 15) is 48.3 Å². The van der Waals surface area contributed by atoms with Gasteiger partial charge in [-0.05, 0) is 160 Å². The maximum Gasteiger partial charge on any atom is 0.407 e. The summed E-state index contributed by atoms with van der Waals surface area (Å²) >= 11 is 1.39. The molecule has 0 saturated carbocycles. The van der Waals surface area contributed by atoms with E-state index in [1.165, 1.54) is 16.7 Å². The Morgan fingerprint density at radius 1 is 0.557 bits per heavy atom. The molecule has 9 atom stereocenters. The largest absolute Gasteiger partial charge is 0.480 e. The van der Waals surface area contributed by atoms with Crippen LogP contribution in [0, 0.1) is 16.7 Å². The van der Waals surface area contributed by atoms with Crippen LogP contribution in [0.15, 0.2) is 109 Å². The topological polar surface area (TPSA) is 491 Å². The number of ether oxygens (including phenoxy) is 1. The lowest BCUT2D eigenvalue weighted by molar-refractivity contribution is -0.149. The van der Waals surface area contributed by atoms with E-state index < -0.39 is 114 Å². The average molecular weight is 1480 g/mol. The van der Waals surface area contributed by atoms with Gasteiger partial charge < -0.3 is 95.8 Å². The van der Waals surface area contributed by atoms with Gasteiger partial charge in [-0.2, -0.15) is 11.8 Å². The first-order chi connectivity index (χ1) is 51.0. The van der Waals surface area contributed by atoms with Crippen LogP contribution in [-0.4, -0.2) is 192 Å². The standard InChI is InChI=1S/C75H106N18O12S/c1-45(2)40-62(71(101)93-38-19-32-63(93)72(102)103)91-67(97)58(31-18-37-83-74(80)81)88-64(94)55(28-13-15-34-76)85-66(96)57(30-17-36-82-73(78)79)87-65(95)56(29-14-16-35-77)86-68(98)59(33-39-106-3)89-70(100)61(42-47-43-84-54-27-12-11-22-48(47)54)90-69(99)60(41-46-20-5-4-6-21-46)92-75(104)105-44-53-51-25-9-7-23-49(51)50-24-8-10-26-52(50)53/h4-12,20-27,43,45,53,55-63,84H,13-19,28-42,44,76-77H2,1-3H3,(H,85,96)(H,86,98)(H,87,95)(H,88,94)(H,89,100)(H,90,99)(H,91,97)(H,92,104)(H,102,103)(H4,78,79,82)(H4,80,81,83)/t55-,56-,57-,58-,59-,60-,61-,62-,63-/m0/s1. The zero-order valence-electron chi connectivity index (χ0n) is 60.6. The summed E-state index contributed by atoms with van der Waals surface area (Å²) in [6.07, 6.45) is 5.14. The third-order valence-corrected chi connectivity index (χ3v) is 19.4. The fourth-order valence-electron chi connectivity index (χ4n) is 13.3. The number of aliphatic carboxylic acids is 1. The van der Waals surface area contributed by atoms with Gasteiger partial charge in [0.05, 0.1) is 0 Å². The zero-order valence-corrected chi connectivity index (χ0v) is 61.4. The Morgan fingerprint density at radius 2 is 1.00 bits per heavy atom. The maximum absolute atomic E-state index is 15.2. The van der Waals surface area contributed by atoms with Crippen molar-refractivity contribution in [1.29, 1.82) is 10.8 Å². The maximum atomic E-state index is 15.2. The normalized spacial score (nSPS) is 15.3. The molecule has 106 heavy (non-hydrogen) atoms. The molecule has 2 aliphatic rings. The number of hydrogen-bond acceptors (Lipinski definition) is 16. The molecule has 9 amide bonds. The van der Waals surface area contributed by atoms with Gasteiger partial charge in [0.25, 0.3) is 0 Å². The van der Waals surface area contributed by atoms with E-state index in [0.29, 0.717) is 49.0 Å². The predicted molar refractivity (Wildman–Crippen MR) is 407 cm³/mol. The molecule has 1 fully saturated rings. The van der Waals surface area contributed by atoms with Crippen LogP contribution >= 0.6 is 11.8 Å². The average Bonchev–Trinajstić information content (AvgIpc) is 1.62. The molecule has 0 radical (unpaired) electrons. The molecule has 574 valence electrons. The number of nitrogens with two attached hydrogens (primary N) is 4. The Hall–Kier alpha value is -10.3. The molecule has 0 spiro atoms. The summed E-state index contributed by atoms with van der Waals surface area (Å²) in [5.41, 5.74) is 29.2. The minimum atomic E-state index is -1.41. The van der Waals surface area contributed by atoms with Crippen LogP contribution in [0.3, 0.4) is 0 Å². The molecule has 0 bridgehead atoms. The lowest BCUT2D eigenvalue weighted by Crippen LogP contribution is -2.60. The second kappa shape index (κ2) is 42.6. The number of likely N-dealkylation sites (tertiary alicyclic amines) is 1. The first-order valence-electron chi connectivity index (χ1n) is 36.4. The molecule has 4 aromatic carbocycles. The number of unbranched alkanes of at least 4 members (excludes halogenated alkanes) is 2. The number of hydrogen-bond donors (Lipinski definition) is 18. The number of benzene rings is 4. The van der Waals surface area contributed by atoms with Gasteiger partial charge in [0.1, 0.15) is 61.0 Å². The quantitative estimate of drug-likeness (QED) is 0.0151. The number of nitrogens with zero attached hydrogens (tertiary/aromatic N) is 1. The number of guanidine groups is 2. The minimum Gasteiger partial charge on any atom is -0.480 e. The molecule has 1 aliphatic heterocycles. The van der Waals surface area contributed by atoms with Crippen molar-refractivity contribution in [2.75, 3.05) is 51.3 Å². The van der Waals surface area contributed by atoms with Crippen molar-refractivity contribution in [3.05, 3.63) is 132 Å². The van der Waals surface area contributed by atoms with Crippen LogP contribution in [0.4, 0.5) is 4.79 Å². The lowest BCUT2D eigenvalue weighted by Gasteiger charge is -2.30. The highest BCUT2D eigenvalue weighted by Crippen LogP contribution is 2.44. The number of rotatable bonds is 44. The molecule has 22 N–H and O–H groups in total. The van der Waals surface area contributed by atoms with E-state index in [2.05, 4.69) is 58.2 Å². The second-order valence-electron chi connectivity index (χ2n) is 27.2. The van der Waals surface area contributed by atoms with Crippen LogP contribution in [0.25, 0.3) is 22.0 Å². The number of aromatic amines is 1. The number of aromatic nitrogens is 1. The van der Waals surface area contributed by atoms with Gasteiger partial charge in [0.15, 0.2) is 11.9 Å². The SMILES string of the molecule is CSCC[C@H](NC(=O)[C@H](Cc1c[nH]c2ccccc12)NC(=O)[C@H](Cc1ccccc1)NC(=O)OCC1c2ccccc2-c2ccccc21)C(=O)N[C@@H](CCCCN)C(=O)N[C@@H](CCCNC(=N)N)C(=O)N[C@@H](CCCCN)C(=O)N[C@@H](CCCNC(=N)N)C(=O)N[C@@H](CC(C)C)C(=O)N1CCC[C@H]1C(=O)O. The monoisotopic (exact) mass is 1480 g/mol. The molecule has 7 rings (SSSR count). The Kier molecular flexibility index (Phi) is 33.4. The number of alkyl carbamates (subject to hydrolysis) is 1. The summed E-state index contributed by atoms with van der Waals surface area (Å²) < 4.78 is 5.93. The molecule has 31 heteroatoms. The van der Waals surface area contributed by atoms with Crippen molar-refractivity contribution < 1.29 is 57.8 Å². The number of thioether (sulfide) groups is 1. The van der Waals surface area contributed by atoms with Crippen LogP contribution < -0.4 is 76.1 Å². The van der Waals surface area contributed by atoms with E-state index in [0.717, 1.165) is 33.2 Å². The first-order valence-corrected chi connectivity index (χ1v) is 37.8. The van der Waals surface area contributed by atoms with Gasteiger partial charge in [-0.15, -0.1) is 0 Å². The van der Waals surface area contributed by atoms with Crippen LogP contribution in [0.5, 0.6) is 0 Å². The Balaban J connectivity index is 1.12. The molecule has 5 aromatic rings. The van der Waals surface area contributed by atoms with Gasteiger partial charge in [-0.25, -0.2) is 9.59 Å². The van der Waals surface area contributed by atoms with Crippen molar-refractivity contribution in [2.45, 2.75) is 177 Å². The molecule has 30 nitrogen and oxygen atoms in total. The van der Waals surface area contributed by atoms with Gasteiger partial charge >= 0.3 is 12.1 Å². The third kappa shape index (κ3) is 25.2. The number of amides is 9. The highest BCUT2D eigenvalue weighted by Gasteiger charge is 2.40. The highest BCUT2D eigenvalue weighted by atomic mass is 32.2. The predicted octanol–water partition coefficient (Wildman–Crippen LogP) is 2.91. The zero-order chi connectivity index (χ0) is 76.7. The number of H-pyrrole nitrogens is 1.